The summed E-state index contributed by atoms with van der Waals surface area (Å²) in [6, 6.07) is 0.0669. The summed E-state index contributed by atoms with van der Waals surface area (Å²) >= 11 is 0. The highest BCUT2D eigenvalue weighted by atomic mass is 16.5. The van der Waals surface area contributed by atoms with Crippen LogP contribution >= 0.6 is 0 Å². The van der Waals surface area contributed by atoms with E-state index in [1.54, 1.807) is 0 Å². The molecule has 1 N–H and O–H groups in total. The predicted octanol–water partition coefficient (Wildman–Crippen LogP) is 1.55. The first-order valence-electron chi connectivity index (χ1n) is 7.45. The molecule has 104 valence electrons. The maximum Gasteiger partial charge on any atom is 0.239 e. The molecule has 0 spiro atoms. The average Bonchev–Trinajstić information content (AvgIpc) is 2.76. The van der Waals surface area contributed by atoms with Gasteiger partial charge in [-0.05, 0) is 45.1 Å². The van der Waals surface area contributed by atoms with Crippen LogP contribution in [0.2, 0.25) is 0 Å². The van der Waals surface area contributed by atoms with Gasteiger partial charge in [-0.1, -0.05) is 6.92 Å². The van der Waals surface area contributed by atoms with Crippen molar-refractivity contribution in [2.75, 3.05) is 26.2 Å². The molecule has 2 fully saturated rings. The first-order valence-corrected chi connectivity index (χ1v) is 7.45. The summed E-state index contributed by atoms with van der Waals surface area (Å²) in [7, 11) is 0. The minimum absolute atomic E-state index is 0.0669. The molecule has 18 heavy (non-hydrogen) atoms. The highest BCUT2D eigenvalue weighted by Crippen LogP contribution is 2.18. The Kier molecular flexibility index (Phi) is 5.45. The minimum atomic E-state index is 0.0669. The van der Waals surface area contributed by atoms with E-state index >= 15 is 0 Å². The average molecular weight is 254 g/mol. The smallest absolute Gasteiger partial charge is 0.239 e. The van der Waals surface area contributed by atoms with Crippen molar-refractivity contribution < 1.29 is 9.53 Å². The first kappa shape index (κ1) is 13.8. The molecule has 2 heterocycles. The number of likely N-dealkylation sites (tertiary alicyclic amines) is 1. The van der Waals surface area contributed by atoms with E-state index in [2.05, 4.69) is 12.2 Å². The Labute approximate surface area is 110 Å². The van der Waals surface area contributed by atoms with Crippen molar-refractivity contribution >= 4 is 5.91 Å². The maximum absolute atomic E-state index is 12.1. The summed E-state index contributed by atoms with van der Waals surface area (Å²) in [5.74, 6) is 0.291. The molecule has 0 aromatic carbocycles. The second-order valence-electron chi connectivity index (χ2n) is 5.40. The van der Waals surface area contributed by atoms with Gasteiger partial charge in [0.1, 0.15) is 0 Å². The van der Waals surface area contributed by atoms with E-state index < -0.39 is 0 Å². The molecule has 0 bridgehead atoms. The van der Waals surface area contributed by atoms with E-state index in [4.69, 9.17) is 4.74 Å². The number of amides is 1. The molecule has 0 saturated carbocycles. The fourth-order valence-corrected chi connectivity index (χ4v) is 2.80. The van der Waals surface area contributed by atoms with Gasteiger partial charge >= 0.3 is 0 Å². The van der Waals surface area contributed by atoms with E-state index in [1.165, 1.54) is 19.3 Å². The molecule has 2 atom stereocenters. The Hall–Kier alpha value is -0.610. The van der Waals surface area contributed by atoms with Crippen molar-refractivity contribution in [1.29, 1.82) is 0 Å². The maximum atomic E-state index is 12.1. The molecule has 0 aromatic rings. The predicted molar refractivity (Wildman–Crippen MR) is 71.5 cm³/mol. The molecular weight excluding hydrogens is 228 g/mol. The van der Waals surface area contributed by atoms with Crippen LogP contribution in [0.3, 0.4) is 0 Å². The number of carbonyl (C=O) groups excluding carboxylic acids is 1. The van der Waals surface area contributed by atoms with Crippen molar-refractivity contribution in [2.45, 2.75) is 57.6 Å². The highest BCUT2D eigenvalue weighted by molar-refractivity contribution is 5.83. The largest absolute Gasteiger partial charge is 0.378 e. The number of nitrogens with zero attached hydrogens (tertiary/aromatic N) is 1. The fraction of sp³-hybridized carbons (Fsp3) is 0.929. The molecule has 2 saturated heterocycles. The molecule has 0 aromatic heterocycles. The molecule has 0 aliphatic carbocycles. The van der Waals surface area contributed by atoms with Crippen LogP contribution < -0.4 is 5.32 Å². The summed E-state index contributed by atoms with van der Waals surface area (Å²) in [6.07, 6.45) is 7.08. The van der Waals surface area contributed by atoms with Crippen molar-refractivity contribution in [3.8, 4) is 0 Å². The standard InChI is InChI=1S/C14H26N2O2/c1-2-8-15-13-7-10-16(14(13)17)9-6-12-5-3-4-11-18-12/h12-13,15H,2-11H2,1H3. The van der Waals surface area contributed by atoms with E-state index in [0.717, 1.165) is 45.5 Å². The van der Waals surface area contributed by atoms with Gasteiger partial charge in [-0.15, -0.1) is 0 Å². The molecule has 1 amide bonds. The lowest BCUT2D eigenvalue weighted by molar-refractivity contribution is -0.129. The molecule has 4 heteroatoms. The van der Waals surface area contributed by atoms with Crippen LogP contribution in [0, 0.1) is 0 Å². The third kappa shape index (κ3) is 3.69. The lowest BCUT2D eigenvalue weighted by atomic mass is 10.1. The molecule has 2 aliphatic heterocycles. The third-order valence-corrected chi connectivity index (χ3v) is 3.93. The van der Waals surface area contributed by atoms with Crippen LogP contribution in [-0.2, 0) is 9.53 Å². The molecule has 4 nitrogen and oxygen atoms in total. The normalized spacial score (nSPS) is 28.9. The van der Waals surface area contributed by atoms with Gasteiger partial charge < -0.3 is 15.0 Å². The molecule has 0 radical (unpaired) electrons. The van der Waals surface area contributed by atoms with Crippen LogP contribution in [0.4, 0.5) is 0 Å². The Morgan fingerprint density at radius 1 is 1.39 bits per heavy atom. The minimum Gasteiger partial charge on any atom is -0.378 e. The number of carbonyl (C=O) groups is 1. The van der Waals surface area contributed by atoms with E-state index in [0.29, 0.717) is 12.0 Å². The van der Waals surface area contributed by atoms with Gasteiger partial charge in [0.2, 0.25) is 5.91 Å². The Morgan fingerprint density at radius 2 is 2.28 bits per heavy atom. The second-order valence-corrected chi connectivity index (χ2v) is 5.40. The summed E-state index contributed by atoms with van der Waals surface area (Å²) in [5, 5.41) is 3.33. The van der Waals surface area contributed by atoms with Gasteiger partial charge in [0.05, 0.1) is 12.1 Å². The van der Waals surface area contributed by atoms with E-state index in [-0.39, 0.29) is 6.04 Å². The number of rotatable bonds is 6. The van der Waals surface area contributed by atoms with E-state index in [1.807, 2.05) is 4.90 Å². The van der Waals surface area contributed by atoms with Gasteiger partial charge in [0.15, 0.2) is 0 Å². The molecule has 2 rings (SSSR count). The van der Waals surface area contributed by atoms with Gasteiger partial charge in [0.25, 0.3) is 0 Å². The van der Waals surface area contributed by atoms with Gasteiger partial charge in [0, 0.05) is 19.7 Å². The van der Waals surface area contributed by atoms with E-state index in [9.17, 15) is 4.79 Å². The van der Waals surface area contributed by atoms with Gasteiger partial charge in [-0.25, -0.2) is 0 Å². The quantitative estimate of drug-likeness (QED) is 0.782. The highest BCUT2D eigenvalue weighted by Gasteiger charge is 2.31. The van der Waals surface area contributed by atoms with Crippen molar-refractivity contribution in [2.24, 2.45) is 0 Å². The lowest BCUT2D eigenvalue weighted by Gasteiger charge is -2.25. The molecule has 2 unspecified atom stereocenters. The Balaban J connectivity index is 1.68. The zero-order chi connectivity index (χ0) is 12.8. The number of hydrogen-bond acceptors (Lipinski definition) is 3. The second kappa shape index (κ2) is 7.10. The first-order chi connectivity index (χ1) is 8.81. The van der Waals surface area contributed by atoms with Gasteiger partial charge in [-0.2, -0.15) is 0 Å². The Morgan fingerprint density at radius 3 is 3.00 bits per heavy atom. The fourth-order valence-electron chi connectivity index (χ4n) is 2.80. The number of hydrogen-bond donors (Lipinski definition) is 1. The van der Waals surface area contributed by atoms with Crippen LogP contribution in [0.5, 0.6) is 0 Å². The summed E-state index contributed by atoms with van der Waals surface area (Å²) in [4.78, 5) is 14.1. The van der Waals surface area contributed by atoms with Crippen LogP contribution in [0.1, 0.15) is 45.4 Å². The summed E-state index contributed by atoms with van der Waals surface area (Å²) < 4.78 is 5.71. The topological polar surface area (TPSA) is 41.6 Å². The third-order valence-electron chi connectivity index (χ3n) is 3.93. The zero-order valence-electron chi connectivity index (χ0n) is 11.5. The summed E-state index contributed by atoms with van der Waals surface area (Å²) in [5.41, 5.74) is 0. The van der Waals surface area contributed by atoms with Crippen LogP contribution in [0.25, 0.3) is 0 Å². The zero-order valence-corrected chi connectivity index (χ0v) is 11.5. The molecule has 2 aliphatic rings. The van der Waals surface area contributed by atoms with Crippen LogP contribution in [0.15, 0.2) is 0 Å². The van der Waals surface area contributed by atoms with Gasteiger partial charge in [-0.3, -0.25) is 4.79 Å². The Bertz CT molecular complexity index is 265. The molecular formula is C14H26N2O2. The number of nitrogens with one attached hydrogen (secondary N) is 1. The van der Waals surface area contributed by atoms with Crippen LogP contribution in [-0.4, -0.2) is 49.2 Å². The lowest BCUT2D eigenvalue weighted by Crippen LogP contribution is -2.39. The monoisotopic (exact) mass is 254 g/mol. The van der Waals surface area contributed by atoms with Crippen molar-refractivity contribution in [1.82, 2.24) is 10.2 Å². The number of ether oxygens (including phenoxy) is 1. The summed E-state index contributed by atoms with van der Waals surface area (Å²) in [6.45, 7) is 5.75. The van der Waals surface area contributed by atoms with Crippen molar-refractivity contribution in [3.63, 3.8) is 0 Å². The SMILES string of the molecule is CCCNC1CCN(CCC2CCCCO2)C1=O. The van der Waals surface area contributed by atoms with Crippen molar-refractivity contribution in [3.05, 3.63) is 0 Å².